The molecule has 19 heavy (non-hydrogen) atoms. The Morgan fingerprint density at radius 3 is 2.42 bits per heavy atom. The van der Waals surface area contributed by atoms with E-state index in [0.29, 0.717) is 0 Å². The lowest BCUT2D eigenvalue weighted by Gasteiger charge is -2.34. The summed E-state index contributed by atoms with van der Waals surface area (Å²) in [6.45, 7) is 0.439. The quantitative estimate of drug-likeness (QED) is 0.429. The third-order valence-electron chi connectivity index (χ3n) is 3.10. The molecule has 0 aromatic carbocycles. The van der Waals surface area contributed by atoms with Crippen LogP contribution in [0.15, 0.2) is 0 Å². The Balaban J connectivity index is 2.61. The van der Waals surface area contributed by atoms with Crippen LogP contribution < -0.4 is 5.32 Å². The van der Waals surface area contributed by atoms with Crippen LogP contribution in [-0.2, 0) is 14.4 Å². The molecule has 0 aromatic rings. The molecule has 7 nitrogen and oxygen atoms in total. The monoisotopic (exact) mass is 268 g/mol. The maximum absolute atomic E-state index is 11.8. The molecule has 1 rings (SSSR count). The fourth-order valence-corrected chi connectivity index (χ4v) is 2.08. The van der Waals surface area contributed by atoms with E-state index in [-0.39, 0.29) is 38.5 Å². The van der Waals surface area contributed by atoms with Crippen LogP contribution in [0.3, 0.4) is 0 Å². The number of carbonyl (C=O) groups excluding carboxylic acids is 1. The van der Waals surface area contributed by atoms with Gasteiger partial charge in [-0.2, -0.15) is 0 Å². The van der Waals surface area contributed by atoms with Gasteiger partial charge in [-0.1, -0.05) is 5.92 Å². The summed E-state index contributed by atoms with van der Waals surface area (Å²) in [5.74, 6) is -2.29. The standard InChI is InChI=1S/C12H16N2O5/c1-2-4-13-6-10(15)14-5-3-8(11(16)17)9(7-14)12(18)19/h1,8-9,13H,3-7H2,(H,16,17)(H,18,19). The zero-order chi connectivity index (χ0) is 14.4. The van der Waals surface area contributed by atoms with Gasteiger partial charge in [0.25, 0.3) is 0 Å². The van der Waals surface area contributed by atoms with Gasteiger partial charge in [0.15, 0.2) is 0 Å². The van der Waals surface area contributed by atoms with Gasteiger partial charge in [-0.15, -0.1) is 6.42 Å². The summed E-state index contributed by atoms with van der Waals surface area (Å²) in [5.41, 5.74) is 0. The Bertz CT molecular complexity index is 415. The van der Waals surface area contributed by atoms with Gasteiger partial charge in [0, 0.05) is 13.1 Å². The fraction of sp³-hybridized carbons (Fsp3) is 0.583. The lowest BCUT2D eigenvalue weighted by molar-refractivity contribution is -0.159. The van der Waals surface area contributed by atoms with Crippen molar-refractivity contribution in [3.63, 3.8) is 0 Å². The Morgan fingerprint density at radius 2 is 1.89 bits per heavy atom. The van der Waals surface area contributed by atoms with E-state index in [1.165, 1.54) is 4.90 Å². The number of nitrogens with one attached hydrogen (secondary N) is 1. The smallest absolute Gasteiger partial charge is 0.309 e. The zero-order valence-electron chi connectivity index (χ0n) is 10.3. The summed E-state index contributed by atoms with van der Waals surface area (Å²) in [4.78, 5) is 35.1. The lowest BCUT2D eigenvalue weighted by Crippen LogP contribution is -2.50. The predicted molar refractivity (Wildman–Crippen MR) is 65.2 cm³/mol. The SMILES string of the molecule is C#CCNCC(=O)N1CCC(C(=O)O)C(C(=O)O)C1. The number of rotatable bonds is 5. The molecule has 104 valence electrons. The summed E-state index contributed by atoms with van der Waals surface area (Å²) < 4.78 is 0. The average Bonchev–Trinajstić information content (AvgIpc) is 2.38. The molecule has 7 heteroatoms. The molecule has 0 bridgehead atoms. The highest BCUT2D eigenvalue weighted by Crippen LogP contribution is 2.24. The van der Waals surface area contributed by atoms with Gasteiger partial charge in [0.05, 0.1) is 24.9 Å². The van der Waals surface area contributed by atoms with Crippen molar-refractivity contribution in [2.24, 2.45) is 11.8 Å². The van der Waals surface area contributed by atoms with Gasteiger partial charge in [-0.05, 0) is 6.42 Å². The third kappa shape index (κ3) is 3.96. The van der Waals surface area contributed by atoms with Gasteiger partial charge in [0.1, 0.15) is 0 Å². The van der Waals surface area contributed by atoms with Crippen LogP contribution in [0.4, 0.5) is 0 Å². The van der Waals surface area contributed by atoms with Crippen LogP contribution in [0, 0.1) is 24.2 Å². The van der Waals surface area contributed by atoms with Crippen molar-refractivity contribution in [1.82, 2.24) is 10.2 Å². The van der Waals surface area contributed by atoms with Crippen molar-refractivity contribution in [2.75, 3.05) is 26.2 Å². The number of carbonyl (C=O) groups is 3. The molecule has 1 aliphatic heterocycles. The first kappa shape index (κ1) is 15.0. The summed E-state index contributed by atoms with van der Waals surface area (Å²) in [6.07, 6.45) is 5.17. The molecule has 0 aromatic heterocycles. The fourth-order valence-electron chi connectivity index (χ4n) is 2.08. The molecule has 2 unspecified atom stereocenters. The number of carboxylic acid groups (broad SMARTS) is 2. The van der Waals surface area contributed by atoms with Crippen molar-refractivity contribution in [3.05, 3.63) is 0 Å². The average molecular weight is 268 g/mol. The minimum atomic E-state index is -1.19. The second kappa shape index (κ2) is 6.75. The van der Waals surface area contributed by atoms with Crippen LogP contribution in [0.1, 0.15) is 6.42 Å². The van der Waals surface area contributed by atoms with Crippen LogP contribution in [0.2, 0.25) is 0 Å². The molecule has 2 atom stereocenters. The summed E-state index contributed by atoms with van der Waals surface area (Å²) >= 11 is 0. The Kier molecular flexibility index (Phi) is 5.33. The largest absolute Gasteiger partial charge is 0.481 e. The molecule has 0 radical (unpaired) electrons. The molecule has 1 fully saturated rings. The van der Waals surface area contributed by atoms with Gasteiger partial charge < -0.3 is 15.1 Å². The number of hydrogen-bond donors (Lipinski definition) is 3. The van der Waals surface area contributed by atoms with E-state index in [2.05, 4.69) is 11.2 Å². The van der Waals surface area contributed by atoms with Gasteiger partial charge in [-0.3, -0.25) is 19.7 Å². The van der Waals surface area contributed by atoms with E-state index in [9.17, 15) is 14.4 Å². The van der Waals surface area contributed by atoms with Crippen LogP contribution >= 0.6 is 0 Å². The van der Waals surface area contributed by atoms with Crippen LogP contribution in [-0.4, -0.2) is 59.1 Å². The van der Waals surface area contributed by atoms with Gasteiger partial charge in [0.2, 0.25) is 5.91 Å². The van der Waals surface area contributed by atoms with E-state index in [0.717, 1.165) is 0 Å². The zero-order valence-corrected chi connectivity index (χ0v) is 10.3. The second-order valence-electron chi connectivity index (χ2n) is 4.33. The molecule has 1 amide bonds. The number of hydrogen-bond acceptors (Lipinski definition) is 4. The van der Waals surface area contributed by atoms with E-state index < -0.39 is 23.8 Å². The molecular weight excluding hydrogens is 252 g/mol. The Morgan fingerprint density at radius 1 is 1.26 bits per heavy atom. The Hall–Kier alpha value is -2.07. The molecular formula is C12H16N2O5. The van der Waals surface area contributed by atoms with E-state index >= 15 is 0 Å². The molecule has 0 aliphatic carbocycles. The van der Waals surface area contributed by atoms with Crippen molar-refractivity contribution < 1.29 is 24.6 Å². The normalized spacial score (nSPS) is 22.6. The van der Waals surface area contributed by atoms with E-state index in [1.807, 2.05) is 0 Å². The number of nitrogens with zero attached hydrogens (tertiary/aromatic N) is 1. The minimum Gasteiger partial charge on any atom is -0.481 e. The number of aliphatic carboxylic acids is 2. The van der Waals surface area contributed by atoms with Crippen molar-refractivity contribution in [1.29, 1.82) is 0 Å². The molecule has 3 N–H and O–H groups in total. The van der Waals surface area contributed by atoms with Crippen LogP contribution in [0.5, 0.6) is 0 Å². The predicted octanol–water partition coefficient (Wildman–Crippen LogP) is -1.16. The Labute approximate surface area is 110 Å². The van der Waals surface area contributed by atoms with Crippen LogP contribution in [0.25, 0.3) is 0 Å². The summed E-state index contributed by atoms with van der Waals surface area (Å²) in [5, 5.41) is 20.7. The molecule has 0 saturated carbocycles. The van der Waals surface area contributed by atoms with Gasteiger partial charge >= 0.3 is 11.9 Å². The lowest BCUT2D eigenvalue weighted by atomic mass is 9.85. The highest BCUT2D eigenvalue weighted by molar-refractivity contribution is 5.83. The number of likely N-dealkylation sites (tertiary alicyclic amines) is 1. The first-order valence-corrected chi connectivity index (χ1v) is 5.85. The maximum Gasteiger partial charge on any atom is 0.309 e. The van der Waals surface area contributed by atoms with Crippen molar-refractivity contribution in [3.8, 4) is 12.3 Å². The highest BCUT2D eigenvalue weighted by atomic mass is 16.4. The molecule has 1 saturated heterocycles. The molecule has 1 heterocycles. The summed E-state index contributed by atoms with van der Waals surface area (Å²) in [7, 11) is 0. The number of amides is 1. The van der Waals surface area contributed by atoms with E-state index in [4.69, 9.17) is 16.6 Å². The van der Waals surface area contributed by atoms with Crippen molar-refractivity contribution >= 4 is 17.8 Å². The third-order valence-corrected chi connectivity index (χ3v) is 3.10. The topological polar surface area (TPSA) is 107 Å². The first-order chi connectivity index (χ1) is 8.97. The highest BCUT2D eigenvalue weighted by Gasteiger charge is 2.39. The number of piperidine rings is 1. The summed E-state index contributed by atoms with van der Waals surface area (Å²) in [6, 6.07) is 0. The number of terminal acetylenes is 1. The minimum absolute atomic E-state index is 0.0221. The second-order valence-corrected chi connectivity index (χ2v) is 4.33. The van der Waals surface area contributed by atoms with E-state index in [1.54, 1.807) is 0 Å². The molecule has 1 aliphatic rings. The van der Waals surface area contributed by atoms with Crippen molar-refractivity contribution in [2.45, 2.75) is 6.42 Å². The maximum atomic E-state index is 11.8. The first-order valence-electron chi connectivity index (χ1n) is 5.85. The number of carboxylic acids is 2. The van der Waals surface area contributed by atoms with Gasteiger partial charge in [-0.25, -0.2) is 0 Å². The molecule has 0 spiro atoms.